The molecule has 0 bridgehead atoms. The van der Waals surface area contributed by atoms with Gasteiger partial charge in [0.15, 0.2) is 0 Å². The third kappa shape index (κ3) is 3.42. The maximum Gasteiger partial charge on any atom is 0.249 e. The predicted octanol–water partition coefficient (Wildman–Crippen LogP) is 1.30. The van der Waals surface area contributed by atoms with Crippen LogP contribution in [0.3, 0.4) is 0 Å². The number of rotatable bonds is 4. The Balaban J connectivity index is 1.88. The minimum absolute atomic E-state index is 0.0149. The van der Waals surface area contributed by atoms with Gasteiger partial charge in [0.1, 0.15) is 0 Å². The Hall–Kier alpha value is -2.21. The molecule has 0 radical (unpaired) electrons. The van der Waals surface area contributed by atoms with Crippen LogP contribution in [-0.4, -0.2) is 23.7 Å². The highest BCUT2D eigenvalue weighted by Crippen LogP contribution is 2.13. The monoisotopic (exact) mass is 292 g/mol. The third-order valence-electron chi connectivity index (χ3n) is 2.85. The highest BCUT2D eigenvalue weighted by Gasteiger charge is 2.28. The van der Waals surface area contributed by atoms with Gasteiger partial charge in [-0.1, -0.05) is 29.8 Å². The van der Waals surface area contributed by atoms with Crippen molar-refractivity contribution in [2.75, 3.05) is 0 Å². The summed E-state index contributed by atoms with van der Waals surface area (Å²) >= 11 is 5.94. The number of hydrogen-bond donors (Lipinski definition) is 2. The van der Waals surface area contributed by atoms with Crippen LogP contribution in [0.15, 0.2) is 34.5 Å². The lowest BCUT2D eigenvalue weighted by Crippen LogP contribution is -2.29. The van der Waals surface area contributed by atoms with E-state index >= 15 is 0 Å². The zero-order valence-electron chi connectivity index (χ0n) is 10.8. The minimum Gasteiger partial charge on any atom is -0.273 e. The van der Waals surface area contributed by atoms with Gasteiger partial charge >= 0.3 is 0 Å². The molecule has 0 saturated carbocycles. The van der Waals surface area contributed by atoms with E-state index in [0.29, 0.717) is 16.3 Å². The molecule has 1 heterocycles. The molecule has 0 aliphatic carbocycles. The van der Waals surface area contributed by atoms with Crippen LogP contribution in [-0.2, 0) is 9.59 Å². The van der Waals surface area contributed by atoms with E-state index in [1.165, 1.54) is 6.21 Å². The van der Waals surface area contributed by atoms with Crippen LogP contribution in [0.2, 0.25) is 5.02 Å². The van der Waals surface area contributed by atoms with Gasteiger partial charge < -0.3 is 0 Å². The average Bonchev–Trinajstić information content (AvgIpc) is 2.73. The summed E-state index contributed by atoms with van der Waals surface area (Å²) in [6.45, 7) is 1.70. The Kier molecular flexibility index (Phi) is 4.47. The number of halogens is 1. The number of benzene rings is 1. The molecule has 1 aliphatic heterocycles. The quantitative estimate of drug-likeness (QED) is 0.648. The SMILES string of the molecule is CC1=NNC(=O)C1CC(=O)N/N=C/c1ccccc1Cl. The van der Waals surface area contributed by atoms with Crippen molar-refractivity contribution in [3.8, 4) is 0 Å². The molecular weight excluding hydrogens is 280 g/mol. The first-order chi connectivity index (χ1) is 9.58. The summed E-state index contributed by atoms with van der Waals surface area (Å²) in [6.07, 6.45) is 1.47. The van der Waals surface area contributed by atoms with Crippen LogP contribution in [0.4, 0.5) is 0 Å². The molecule has 20 heavy (non-hydrogen) atoms. The number of nitrogens with one attached hydrogen (secondary N) is 2. The van der Waals surface area contributed by atoms with Crippen molar-refractivity contribution in [3.05, 3.63) is 34.9 Å². The molecule has 2 N–H and O–H groups in total. The largest absolute Gasteiger partial charge is 0.273 e. The van der Waals surface area contributed by atoms with Crippen molar-refractivity contribution < 1.29 is 9.59 Å². The van der Waals surface area contributed by atoms with Gasteiger partial charge in [-0.2, -0.15) is 10.2 Å². The van der Waals surface area contributed by atoms with Gasteiger partial charge in [-0.3, -0.25) is 9.59 Å². The van der Waals surface area contributed by atoms with Crippen molar-refractivity contribution in [2.24, 2.45) is 16.1 Å². The zero-order valence-corrected chi connectivity index (χ0v) is 11.5. The van der Waals surface area contributed by atoms with E-state index < -0.39 is 5.92 Å². The first-order valence-corrected chi connectivity index (χ1v) is 6.36. The molecule has 0 spiro atoms. The smallest absolute Gasteiger partial charge is 0.249 e. The second-order valence-electron chi connectivity index (χ2n) is 4.30. The second kappa shape index (κ2) is 6.29. The fourth-order valence-corrected chi connectivity index (χ4v) is 1.90. The second-order valence-corrected chi connectivity index (χ2v) is 4.71. The van der Waals surface area contributed by atoms with Gasteiger partial charge in [-0.25, -0.2) is 10.9 Å². The first-order valence-electron chi connectivity index (χ1n) is 5.98. The van der Waals surface area contributed by atoms with Gasteiger partial charge in [-0.05, 0) is 13.0 Å². The lowest BCUT2D eigenvalue weighted by molar-refractivity contribution is -0.127. The molecule has 2 rings (SSSR count). The fourth-order valence-electron chi connectivity index (χ4n) is 1.71. The highest BCUT2D eigenvalue weighted by atomic mass is 35.5. The molecule has 0 fully saturated rings. The first kappa shape index (κ1) is 14.2. The number of hydrogen-bond acceptors (Lipinski definition) is 4. The molecule has 1 aromatic rings. The molecule has 2 amide bonds. The van der Waals surface area contributed by atoms with E-state index in [1.807, 2.05) is 6.07 Å². The lowest BCUT2D eigenvalue weighted by Gasteiger charge is -2.05. The van der Waals surface area contributed by atoms with Crippen LogP contribution < -0.4 is 10.9 Å². The Morgan fingerprint density at radius 1 is 1.55 bits per heavy atom. The zero-order chi connectivity index (χ0) is 14.5. The van der Waals surface area contributed by atoms with Crippen molar-refractivity contribution in [1.29, 1.82) is 0 Å². The molecule has 104 valence electrons. The van der Waals surface area contributed by atoms with Crippen molar-refractivity contribution in [3.63, 3.8) is 0 Å². The van der Waals surface area contributed by atoms with E-state index in [0.717, 1.165) is 0 Å². The summed E-state index contributed by atoms with van der Waals surface area (Å²) in [7, 11) is 0. The van der Waals surface area contributed by atoms with Gasteiger partial charge in [0, 0.05) is 22.7 Å². The Morgan fingerprint density at radius 2 is 2.30 bits per heavy atom. The number of carbonyl (C=O) groups excluding carboxylic acids is 2. The predicted molar refractivity (Wildman–Crippen MR) is 76.5 cm³/mol. The molecule has 6 nitrogen and oxygen atoms in total. The van der Waals surface area contributed by atoms with Crippen LogP contribution in [0.5, 0.6) is 0 Å². The summed E-state index contributed by atoms with van der Waals surface area (Å²) in [6, 6.07) is 7.13. The number of hydrazone groups is 2. The van der Waals surface area contributed by atoms with Gasteiger partial charge in [-0.15, -0.1) is 0 Å². The Morgan fingerprint density at radius 3 is 2.95 bits per heavy atom. The molecule has 1 aromatic carbocycles. The molecule has 1 aliphatic rings. The maximum atomic E-state index is 11.7. The average molecular weight is 293 g/mol. The molecular formula is C13H13ClN4O2. The van der Waals surface area contributed by atoms with E-state index in [2.05, 4.69) is 21.1 Å². The standard InChI is InChI=1S/C13H13ClN4O2/c1-8-10(13(20)18-16-8)6-12(19)17-15-7-9-4-2-3-5-11(9)14/h2-5,7,10H,6H2,1H3,(H,17,19)(H,18,20)/b15-7+. The Bertz CT molecular complexity index is 598. The van der Waals surface area contributed by atoms with E-state index in [-0.39, 0.29) is 18.2 Å². The van der Waals surface area contributed by atoms with E-state index in [1.54, 1.807) is 25.1 Å². The number of amides is 2. The Labute approximate surface area is 120 Å². The molecule has 0 saturated heterocycles. The number of nitrogens with zero attached hydrogens (tertiary/aromatic N) is 2. The van der Waals surface area contributed by atoms with Crippen LogP contribution in [0.1, 0.15) is 18.9 Å². The molecule has 7 heteroatoms. The topological polar surface area (TPSA) is 82.9 Å². The van der Waals surface area contributed by atoms with Crippen molar-refractivity contribution in [1.82, 2.24) is 10.9 Å². The summed E-state index contributed by atoms with van der Waals surface area (Å²) in [5.74, 6) is -1.15. The normalized spacial score (nSPS) is 18.0. The van der Waals surface area contributed by atoms with Crippen molar-refractivity contribution in [2.45, 2.75) is 13.3 Å². The highest BCUT2D eigenvalue weighted by molar-refractivity contribution is 6.33. The van der Waals surface area contributed by atoms with Gasteiger partial charge in [0.25, 0.3) is 0 Å². The van der Waals surface area contributed by atoms with Crippen LogP contribution >= 0.6 is 11.6 Å². The van der Waals surface area contributed by atoms with Crippen LogP contribution in [0.25, 0.3) is 0 Å². The molecule has 1 atom stereocenters. The molecule has 1 unspecified atom stereocenters. The van der Waals surface area contributed by atoms with Gasteiger partial charge in [0.2, 0.25) is 11.8 Å². The number of carbonyl (C=O) groups is 2. The van der Waals surface area contributed by atoms with Crippen molar-refractivity contribution >= 4 is 35.3 Å². The fraction of sp³-hybridized carbons (Fsp3) is 0.231. The van der Waals surface area contributed by atoms with E-state index in [4.69, 9.17) is 11.6 Å². The summed E-state index contributed by atoms with van der Waals surface area (Å²) in [4.78, 5) is 23.1. The minimum atomic E-state index is -0.523. The summed E-state index contributed by atoms with van der Waals surface area (Å²) in [5, 5.41) is 8.13. The molecule has 0 aromatic heterocycles. The van der Waals surface area contributed by atoms with Crippen LogP contribution in [0, 0.1) is 5.92 Å². The maximum absolute atomic E-state index is 11.7. The van der Waals surface area contributed by atoms with E-state index in [9.17, 15) is 9.59 Å². The lowest BCUT2D eigenvalue weighted by atomic mass is 10.0. The third-order valence-corrected chi connectivity index (χ3v) is 3.20. The summed E-state index contributed by atoms with van der Waals surface area (Å²) in [5.41, 5.74) is 5.99. The summed E-state index contributed by atoms with van der Waals surface area (Å²) < 4.78 is 0. The van der Waals surface area contributed by atoms with Gasteiger partial charge in [0.05, 0.1) is 12.1 Å².